The lowest BCUT2D eigenvalue weighted by Crippen LogP contribution is -2.64. The molecule has 1 unspecified atom stereocenters. The van der Waals surface area contributed by atoms with Crippen molar-refractivity contribution in [3.05, 3.63) is 59.2 Å². The summed E-state index contributed by atoms with van der Waals surface area (Å²) in [6.07, 6.45) is 1.25. The number of hydrogen-bond donors (Lipinski definition) is 3. The highest BCUT2D eigenvalue weighted by Crippen LogP contribution is 2.44. The fraction of sp³-hybridized carbons (Fsp3) is 0.516. The van der Waals surface area contributed by atoms with Crippen molar-refractivity contribution >= 4 is 17.8 Å². The molecule has 0 bridgehead atoms. The highest BCUT2D eigenvalue weighted by atomic mass is 16.5. The normalized spacial score (nSPS) is 26.5. The van der Waals surface area contributed by atoms with E-state index in [1.54, 1.807) is 25.3 Å². The number of nitrogens with one attached hydrogen (secondary N) is 3. The van der Waals surface area contributed by atoms with Gasteiger partial charge < -0.3 is 24.8 Å². The number of amides is 2. The molecule has 214 valence electrons. The van der Waals surface area contributed by atoms with Gasteiger partial charge in [0.25, 0.3) is 5.91 Å². The minimum Gasteiger partial charge on any atom is -0.490 e. The van der Waals surface area contributed by atoms with E-state index in [0.717, 1.165) is 24.2 Å². The van der Waals surface area contributed by atoms with Crippen LogP contribution in [0.5, 0.6) is 11.5 Å². The molecule has 2 aromatic carbocycles. The van der Waals surface area contributed by atoms with Crippen molar-refractivity contribution in [2.45, 2.75) is 83.2 Å². The number of carbonyl (C=O) groups is 2. The number of carbonyl (C=O) groups excluding carboxylic acids is 2. The van der Waals surface area contributed by atoms with E-state index in [1.165, 1.54) is 4.90 Å². The van der Waals surface area contributed by atoms with E-state index in [2.05, 4.69) is 17.6 Å². The van der Waals surface area contributed by atoms with E-state index in [1.807, 2.05) is 52.0 Å². The van der Waals surface area contributed by atoms with E-state index in [-0.39, 0.29) is 42.8 Å². The summed E-state index contributed by atoms with van der Waals surface area (Å²) in [7, 11) is 1.57. The Labute approximate surface area is 236 Å². The molecule has 2 amide bonds. The van der Waals surface area contributed by atoms with Gasteiger partial charge in [-0.15, -0.1) is 0 Å². The zero-order valence-corrected chi connectivity index (χ0v) is 24.2. The number of rotatable bonds is 6. The van der Waals surface area contributed by atoms with Gasteiger partial charge in [-0.05, 0) is 51.0 Å². The van der Waals surface area contributed by atoms with Crippen molar-refractivity contribution in [1.82, 2.24) is 15.5 Å². The number of methoxy groups -OCH3 is 1. The minimum atomic E-state index is -0.609. The Bertz CT molecular complexity index is 1300. The van der Waals surface area contributed by atoms with E-state index in [9.17, 15) is 9.59 Å². The second-order valence-electron chi connectivity index (χ2n) is 11.7. The van der Waals surface area contributed by atoms with Crippen molar-refractivity contribution < 1.29 is 23.8 Å². The molecule has 0 spiro atoms. The molecule has 4 atom stereocenters. The van der Waals surface area contributed by atoms with Crippen LogP contribution in [-0.2, 0) is 9.53 Å². The molecule has 3 aliphatic heterocycles. The summed E-state index contributed by atoms with van der Waals surface area (Å²) in [5, 5.41) is 15.4. The van der Waals surface area contributed by atoms with E-state index >= 15 is 0 Å². The molecule has 1 saturated heterocycles. The summed E-state index contributed by atoms with van der Waals surface area (Å²) in [6.45, 7) is 10.4. The third-order valence-corrected chi connectivity index (χ3v) is 9.17. The van der Waals surface area contributed by atoms with Crippen LogP contribution in [0.1, 0.15) is 87.4 Å². The fourth-order valence-electron chi connectivity index (χ4n) is 6.15. The molecular formula is C31H40N4O5. The summed E-state index contributed by atoms with van der Waals surface area (Å²) in [6, 6.07) is 12.2. The van der Waals surface area contributed by atoms with Gasteiger partial charge in [0.05, 0.1) is 18.5 Å². The Morgan fingerprint density at radius 1 is 1.15 bits per heavy atom. The quantitative estimate of drug-likeness (QED) is 0.481. The van der Waals surface area contributed by atoms with Gasteiger partial charge in [-0.1, -0.05) is 39.0 Å². The van der Waals surface area contributed by atoms with Crippen LogP contribution < -0.4 is 20.1 Å². The third kappa shape index (κ3) is 4.70. The van der Waals surface area contributed by atoms with Gasteiger partial charge in [-0.2, -0.15) is 0 Å². The first-order chi connectivity index (χ1) is 19.0. The largest absolute Gasteiger partial charge is 0.490 e. The number of ether oxygens (including phenoxy) is 3. The molecule has 2 aromatic rings. The number of para-hydroxylation sites is 1. The van der Waals surface area contributed by atoms with Crippen LogP contribution in [-0.4, -0.2) is 53.6 Å². The molecule has 9 nitrogen and oxygen atoms in total. The van der Waals surface area contributed by atoms with Gasteiger partial charge in [0.15, 0.2) is 5.96 Å². The Kier molecular flexibility index (Phi) is 7.29. The smallest absolute Gasteiger partial charge is 0.251 e. The Morgan fingerprint density at radius 2 is 1.88 bits per heavy atom. The first-order valence-corrected chi connectivity index (χ1v) is 14.1. The maximum Gasteiger partial charge on any atom is 0.251 e. The lowest BCUT2D eigenvalue weighted by molar-refractivity contribution is -0.136. The van der Waals surface area contributed by atoms with Crippen LogP contribution >= 0.6 is 0 Å². The molecule has 0 aliphatic carbocycles. The second kappa shape index (κ2) is 10.4. The van der Waals surface area contributed by atoms with Gasteiger partial charge in [0, 0.05) is 35.3 Å². The summed E-state index contributed by atoms with van der Waals surface area (Å²) in [5.41, 5.74) is 1.12. The monoisotopic (exact) mass is 548 g/mol. The fourth-order valence-corrected chi connectivity index (χ4v) is 6.15. The summed E-state index contributed by atoms with van der Waals surface area (Å²) in [5.74, 6) is 1.01. The molecule has 0 saturated carbocycles. The maximum absolute atomic E-state index is 13.7. The standard InChI is InChI=1S/C31H40N4O5/c1-7-31(8-2)16-25(36)35(29(32)34-31)27-21-15-19(13-14-22(21)39-17-24(27)38-6)28(37)33-26-18(3)30(4,5)40-23-12-10-9-11-20(23)26/h9-15,18,24,26-27H,7-8,16-17H2,1-6H3,(H2,32,34)(H,33,37)/t18-,24?,26-,27-/m0/s1. The predicted octanol–water partition coefficient (Wildman–Crippen LogP) is 4.73. The number of fused-ring (bicyclic) bond motifs is 2. The summed E-state index contributed by atoms with van der Waals surface area (Å²) in [4.78, 5) is 28.8. The maximum atomic E-state index is 13.7. The van der Waals surface area contributed by atoms with Gasteiger partial charge in [0.2, 0.25) is 5.91 Å². The minimum absolute atomic E-state index is 0.00727. The van der Waals surface area contributed by atoms with Gasteiger partial charge in [-0.3, -0.25) is 19.9 Å². The van der Waals surface area contributed by atoms with Crippen molar-refractivity contribution in [2.24, 2.45) is 5.92 Å². The van der Waals surface area contributed by atoms with Crippen LogP contribution in [0.3, 0.4) is 0 Å². The lowest BCUT2D eigenvalue weighted by Gasteiger charge is -2.47. The Hall–Kier alpha value is -3.59. The summed E-state index contributed by atoms with van der Waals surface area (Å²) >= 11 is 0. The molecule has 9 heteroatoms. The molecule has 40 heavy (non-hydrogen) atoms. The first-order valence-electron chi connectivity index (χ1n) is 14.1. The van der Waals surface area contributed by atoms with E-state index in [0.29, 0.717) is 16.9 Å². The van der Waals surface area contributed by atoms with Gasteiger partial charge >= 0.3 is 0 Å². The lowest BCUT2D eigenvalue weighted by atomic mass is 9.79. The van der Waals surface area contributed by atoms with Crippen molar-refractivity contribution in [3.8, 4) is 11.5 Å². The van der Waals surface area contributed by atoms with Crippen LogP contribution in [0.25, 0.3) is 0 Å². The van der Waals surface area contributed by atoms with Crippen LogP contribution in [0.2, 0.25) is 0 Å². The van der Waals surface area contributed by atoms with Crippen molar-refractivity contribution in [1.29, 1.82) is 5.41 Å². The molecule has 3 aliphatic rings. The first kappa shape index (κ1) is 28.0. The number of nitrogens with zero attached hydrogens (tertiary/aromatic N) is 1. The Balaban J connectivity index is 1.48. The van der Waals surface area contributed by atoms with E-state index < -0.39 is 23.3 Å². The molecule has 3 heterocycles. The molecule has 0 aromatic heterocycles. The van der Waals surface area contributed by atoms with E-state index in [4.69, 9.17) is 19.6 Å². The average Bonchev–Trinajstić information content (AvgIpc) is 2.94. The van der Waals surface area contributed by atoms with Gasteiger partial charge in [-0.25, -0.2) is 0 Å². The third-order valence-electron chi connectivity index (χ3n) is 9.17. The SMILES string of the molecule is CCC1(CC)CC(=O)N([C@H]2c3cc(C(=O)N[C@@H]4c5ccccc5OC(C)(C)[C@H]4C)ccc3OCC2OC)C(=N)N1. The van der Waals surface area contributed by atoms with Crippen molar-refractivity contribution in [2.75, 3.05) is 13.7 Å². The Morgan fingerprint density at radius 3 is 2.55 bits per heavy atom. The number of benzene rings is 2. The molecule has 0 radical (unpaired) electrons. The highest BCUT2D eigenvalue weighted by molar-refractivity contribution is 6.00. The molecular weight excluding hydrogens is 508 g/mol. The van der Waals surface area contributed by atoms with Crippen molar-refractivity contribution in [3.63, 3.8) is 0 Å². The highest BCUT2D eigenvalue weighted by Gasteiger charge is 2.47. The number of guanidine groups is 1. The summed E-state index contributed by atoms with van der Waals surface area (Å²) < 4.78 is 18.0. The average molecular weight is 549 g/mol. The number of hydrogen-bond acceptors (Lipinski definition) is 6. The zero-order chi connectivity index (χ0) is 28.8. The van der Waals surface area contributed by atoms with Crippen LogP contribution in [0, 0.1) is 11.3 Å². The molecule has 3 N–H and O–H groups in total. The predicted molar refractivity (Wildman–Crippen MR) is 152 cm³/mol. The van der Waals surface area contributed by atoms with Crippen LogP contribution in [0.15, 0.2) is 42.5 Å². The second-order valence-corrected chi connectivity index (χ2v) is 11.7. The van der Waals surface area contributed by atoms with Gasteiger partial charge in [0.1, 0.15) is 29.8 Å². The van der Waals surface area contributed by atoms with Crippen LogP contribution in [0.4, 0.5) is 0 Å². The topological polar surface area (TPSA) is 113 Å². The molecule has 1 fully saturated rings. The zero-order valence-electron chi connectivity index (χ0n) is 24.2. The molecule has 5 rings (SSSR count).